The van der Waals surface area contributed by atoms with Crippen molar-refractivity contribution in [2.24, 2.45) is 0 Å². The number of benzene rings is 2. The maximum atomic E-state index is 12.5. The Hall–Kier alpha value is -1.52. The predicted octanol–water partition coefficient (Wildman–Crippen LogP) is 4.39. The zero-order valence-corrected chi connectivity index (χ0v) is 13.4. The fourth-order valence-electron chi connectivity index (χ4n) is 1.77. The Morgan fingerprint density at radius 2 is 1.85 bits per heavy atom. The van der Waals surface area contributed by atoms with E-state index >= 15 is 0 Å². The first-order chi connectivity index (χ1) is 9.52. The zero-order chi connectivity index (χ0) is 14.7. The van der Waals surface area contributed by atoms with Gasteiger partial charge >= 0.3 is 0 Å². The van der Waals surface area contributed by atoms with E-state index in [0.29, 0.717) is 15.1 Å². The monoisotopic (exact) mass is 353 g/mol. The quantitative estimate of drug-likeness (QED) is 0.818. The number of ether oxygens (including phenoxy) is 1. The summed E-state index contributed by atoms with van der Waals surface area (Å²) in [5, 5.41) is 0.527. The van der Waals surface area contributed by atoms with Gasteiger partial charge < -0.3 is 9.64 Å². The number of nitrogens with zero attached hydrogens (tertiary/aromatic N) is 1. The maximum Gasteiger partial charge on any atom is 0.259 e. The van der Waals surface area contributed by atoms with Gasteiger partial charge in [-0.2, -0.15) is 0 Å². The lowest BCUT2D eigenvalue weighted by atomic mass is 10.2. The molecule has 0 radical (unpaired) electrons. The number of rotatable bonds is 3. The Morgan fingerprint density at radius 1 is 1.20 bits per heavy atom. The molecule has 0 aromatic heterocycles. The Kier molecular flexibility index (Phi) is 4.68. The van der Waals surface area contributed by atoms with E-state index in [1.807, 2.05) is 24.3 Å². The molecule has 0 saturated carbocycles. The summed E-state index contributed by atoms with van der Waals surface area (Å²) in [6.07, 6.45) is 0. The van der Waals surface area contributed by atoms with Crippen molar-refractivity contribution in [2.75, 3.05) is 19.1 Å². The van der Waals surface area contributed by atoms with Gasteiger partial charge in [0, 0.05) is 22.2 Å². The lowest BCUT2D eigenvalue weighted by Crippen LogP contribution is -2.26. The Morgan fingerprint density at radius 3 is 2.45 bits per heavy atom. The third-order valence-corrected chi connectivity index (χ3v) is 3.85. The van der Waals surface area contributed by atoms with E-state index in [4.69, 9.17) is 16.3 Å². The lowest BCUT2D eigenvalue weighted by Gasteiger charge is -2.18. The zero-order valence-electron chi connectivity index (χ0n) is 11.1. The number of hydrogen-bond donors (Lipinski definition) is 0. The summed E-state index contributed by atoms with van der Waals surface area (Å²) in [5.74, 6) is 0.614. The second-order valence-corrected chi connectivity index (χ2v) is 5.48. The van der Waals surface area contributed by atoms with E-state index in [-0.39, 0.29) is 5.91 Å². The van der Waals surface area contributed by atoms with Crippen LogP contribution >= 0.6 is 27.5 Å². The molecule has 2 aromatic rings. The Labute approximate surface area is 131 Å². The van der Waals surface area contributed by atoms with Crippen molar-refractivity contribution in [1.82, 2.24) is 0 Å². The molecule has 0 atom stereocenters. The highest BCUT2D eigenvalue weighted by Gasteiger charge is 2.16. The van der Waals surface area contributed by atoms with Crippen LogP contribution in [-0.4, -0.2) is 20.1 Å². The fraction of sp³-hybridized carbons (Fsp3) is 0.133. The van der Waals surface area contributed by atoms with Crippen LogP contribution in [0.1, 0.15) is 10.4 Å². The molecule has 0 bridgehead atoms. The lowest BCUT2D eigenvalue weighted by molar-refractivity contribution is 0.0992. The van der Waals surface area contributed by atoms with Gasteiger partial charge in [-0.25, -0.2) is 0 Å². The molecule has 3 nitrogen and oxygen atoms in total. The summed E-state index contributed by atoms with van der Waals surface area (Å²) in [6, 6.07) is 12.4. The van der Waals surface area contributed by atoms with Gasteiger partial charge in [-0.3, -0.25) is 4.79 Å². The first-order valence-corrected chi connectivity index (χ1v) is 7.07. The normalized spacial score (nSPS) is 10.2. The molecule has 0 aliphatic carbocycles. The molecule has 0 heterocycles. The van der Waals surface area contributed by atoms with Gasteiger partial charge in [-0.05, 0) is 58.4 Å². The van der Waals surface area contributed by atoms with Gasteiger partial charge in [0.05, 0.1) is 12.7 Å². The summed E-state index contributed by atoms with van der Waals surface area (Å²) in [5.41, 5.74) is 1.30. The fourth-order valence-corrected chi connectivity index (χ4v) is 2.35. The molecule has 20 heavy (non-hydrogen) atoms. The predicted molar refractivity (Wildman–Crippen MR) is 84.9 cm³/mol. The van der Waals surface area contributed by atoms with E-state index in [1.165, 1.54) is 0 Å². The van der Waals surface area contributed by atoms with Crippen LogP contribution in [0.5, 0.6) is 5.75 Å². The van der Waals surface area contributed by atoms with Gasteiger partial charge in [0.25, 0.3) is 5.91 Å². The molecule has 104 valence electrons. The first kappa shape index (κ1) is 14.9. The largest absolute Gasteiger partial charge is 0.497 e. The summed E-state index contributed by atoms with van der Waals surface area (Å²) < 4.78 is 5.82. The molecule has 0 N–H and O–H groups in total. The molecular weight excluding hydrogens is 342 g/mol. The molecule has 2 rings (SSSR count). The summed E-state index contributed by atoms with van der Waals surface area (Å²) in [7, 11) is 3.32. The number of halogens is 2. The average Bonchev–Trinajstić information content (AvgIpc) is 2.48. The van der Waals surface area contributed by atoms with Crippen LogP contribution in [0.2, 0.25) is 5.02 Å². The van der Waals surface area contributed by atoms with E-state index in [1.54, 1.807) is 37.3 Å². The molecule has 1 amide bonds. The average molecular weight is 355 g/mol. The van der Waals surface area contributed by atoms with Crippen molar-refractivity contribution in [3.8, 4) is 5.75 Å². The van der Waals surface area contributed by atoms with Gasteiger partial charge in [-0.1, -0.05) is 11.6 Å². The molecular formula is C15H13BrClNO2. The molecule has 0 aliphatic rings. The van der Waals surface area contributed by atoms with Crippen molar-refractivity contribution in [3.05, 3.63) is 57.5 Å². The second kappa shape index (κ2) is 6.29. The van der Waals surface area contributed by atoms with Crippen LogP contribution in [0.25, 0.3) is 0 Å². The smallest absolute Gasteiger partial charge is 0.259 e. The number of amides is 1. The van der Waals surface area contributed by atoms with Crippen molar-refractivity contribution < 1.29 is 9.53 Å². The minimum Gasteiger partial charge on any atom is -0.497 e. The van der Waals surface area contributed by atoms with E-state index in [9.17, 15) is 4.79 Å². The Balaban J connectivity index is 2.29. The minimum absolute atomic E-state index is 0.135. The van der Waals surface area contributed by atoms with Crippen molar-refractivity contribution in [1.29, 1.82) is 0 Å². The van der Waals surface area contributed by atoms with Crippen molar-refractivity contribution in [3.63, 3.8) is 0 Å². The van der Waals surface area contributed by atoms with Crippen LogP contribution in [0.4, 0.5) is 5.69 Å². The van der Waals surface area contributed by atoms with Gasteiger partial charge in [0.15, 0.2) is 0 Å². The second-order valence-electron chi connectivity index (χ2n) is 4.19. The van der Waals surface area contributed by atoms with Crippen LogP contribution in [0.15, 0.2) is 46.9 Å². The van der Waals surface area contributed by atoms with E-state index < -0.39 is 0 Å². The van der Waals surface area contributed by atoms with E-state index in [2.05, 4.69) is 15.9 Å². The third-order valence-electron chi connectivity index (χ3n) is 2.92. The molecule has 0 spiro atoms. The van der Waals surface area contributed by atoms with Crippen LogP contribution < -0.4 is 9.64 Å². The molecule has 0 unspecified atom stereocenters. The topological polar surface area (TPSA) is 29.5 Å². The summed E-state index contributed by atoms with van der Waals surface area (Å²) in [4.78, 5) is 14.0. The molecule has 0 aliphatic heterocycles. The number of methoxy groups -OCH3 is 1. The third kappa shape index (κ3) is 3.14. The van der Waals surface area contributed by atoms with Crippen LogP contribution in [-0.2, 0) is 0 Å². The number of anilines is 1. The molecule has 5 heteroatoms. The summed E-state index contributed by atoms with van der Waals surface area (Å²) >= 11 is 9.31. The number of carbonyl (C=O) groups is 1. The first-order valence-electron chi connectivity index (χ1n) is 5.90. The molecule has 2 aromatic carbocycles. The van der Waals surface area contributed by atoms with Crippen molar-refractivity contribution in [2.45, 2.75) is 0 Å². The highest BCUT2D eigenvalue weighted by molar-refractivity contribution is 9.10. The van der Waals surface area contributed by atoms with Gasteiger partial charge in [0.2, 0.25) is 0 Å². The Bertz CT molecular complexity index is 628. The van der Waals surface area contributed by atoms with Crippen LogP contribution in [0, 0.1) is 0 Å². The standard InChI is InChI=1S/C15H13BrClNO2/c1-18(11-4-6-12(20-2)7-5-11)15(19)13-9-10(17)3-8-14(13)16/h3-9H,1-2H3. The summed E-state index contributed by atoms with van der Waals surface area (Å²) in [6.45, 7) is 0. The highest BCUT2D eigenvalue weighted by Crippen LogP contribution is 2.25. The van der Waals surface area contributed by atoms with Gasteiger partial charge in [-0.15, -0.1) is 0 Å². The SMILES string of the molecule is COc1ccc(N(C)C(=O)c2cc(Cl)ccc2Br)cc1. The highest BCUT2D eigenvalue weighted by atomic mass is 79.9. The molecule has 0 saturated heterocycles. The number of carbonyl (C=O) groups excluding carboxylic acids is 1. The van der Waals surface area contributed by atoms with E-state index in [0.717, 1.165) is 11.4 Å². The van der Waals surface area contributed by atoms with Gasteiger partial charge in [0.1, 0.15) is 5.75 Å². The van der Waals surface area contributed by atoms with Crippen LogP contribution in [0.3, 0.4) is 0 Å². The molecule has 0 fully saturated rings. The number of hydrogen-bond acceptors (Lipinski definition) is 2. The maximum absolute atomic E-state index is 12.5. The van der Waals surface area contributed by atoms with Crippen molar-refractivity contribution >= 4 is 39.1 Å². The minimum atomic E-state index is -0.135.